The van der Waals surface area contributed by atoms with E-state index in [1.165, 1.54) is 14.0 Å². The van der Waals surface area contributed by atoms with Crippen molar-refractivity contribution in [3.8, 4) is 0 Å². The molecule has 1 heterocycles. The molecule has 2 rings (SSSR count). The lowest BCUT2D eigenvalue weighted by molar-refractivity contribution is -0.146. The molecule has 3 atom stereocenters. The average molecular weight is 270 g/mol. The molecule has 108 valence electrons. The normalized spacial score (nSPS) is 28.5. The summed E-state index contributed by atoms with van der Waals surface area (Å²) in [5.74, 6) is -0.608. The molecule has 0 radical (unpaired) electrons. The van der Waals surface area contributed by atoms with Gasteiger partial charge < -0.3 is 14.8 Å². The Kier molecular flexibility index (Phi) is 4.76. The zero-order valence-electron chi connectivity index (χ0n) is 11.6. The van der Waals surface area contributed by atoms with Gasteiger partial charge in [0.2, 0.25) is 5.91 Å². The van der Waals surface area contributed by atoms with Crippen molar-refractivity contribution in [3.63, 3.8) is 0 Å². The van der Waals surface area contributed by atoms with Gasteiger partial charge in [-0.3, -0.25) is 9.69 Å². The molecule has 1 amide bonds. The molecule has 1 saturated carbocycles. The van der Waals surface area contributed by atoms with Crippen molar-refractivity contribution in [1.82, 2.24) is 10.2 Å². The molecule has 1 aliphatic carbocycles. The Morgan fingerprint density at radius 2 is 2.26 bits per heavy atom. The van der Waals surface area contributed by atoms with Crippen molar-refractivity contribution < 1.29 is 19.1 Å². The van der Waals surface area contributed by atoms with Crippen LogP contribution in [0.3, 0.4) is 0 Å². The first-order chi connectivity index (χ1) is 9.11. The Labute approximate surface area is 113 Å². The molecule has 0 bridgehead atoms. The maximum absolute atomic E-state index is 11.7. The van der Waals surface area contributed by atoms with Crippen LogP contribution in [0, 0.1) is 0 Å². The summed E-state index contributed by atoms with van der Waals surface area (Å²) in [7, 11) is 1.34. The summed E-state index contributed by atoms with van der Waals surface area (Å²) in [6.07, 6.45) is 3.63. The Bertz CT molecular complexity index is 348. The van der Waals surface area contributed by atoms with Crippen LogP contribution in [0.2, 0.25) is 0 Å². The third-order valence-electron chi connectivity index (χ3n) is 3.88. The SMILES string of the molecule is COC(=O)C(CN1CCOC2CCCC21)NC(C)=O. The Morgan fingerprint density at radius 3 is 2.95 bits per heavy atom. The van der Waals surface area contributed by atoms with E-state index in [0.29, 0.717) is 19.2 Å². The van der Waals surface area contributed by atoms with Crippen LogP contribution in [0.15, 0.2) is 0 Å². The third-order valence-corrected chi connectivity index (χ3v) is 3.88. The Morgan fingerprint density at radius 1 is 1.47 bits per heavy atom. The molecule has 2 fully saturated rings. The minimum absolute atomic E-state index is 0.216. The Balaban J connectivity index is 1.98. The number of hydrogen-bond donors (Lipinski definition) is 1. The molecule has 0 aromatic carbocycles. The second kappa shape index (κ2) is 6.34. The number of methoxy groups -OCH3 is 1. The van der Waals surface area contributed by atoms with Gasteiger partial charge in [0.15, 0.2) is 0 Å². The van der Waals surface area contributed by atoms with Crippen LogP contribution in [-0.4, -0.2) is 61.8 Å². The fourth-order valence-electron chi connectivity index (χ4n) is 3.03. The lowest BCUT2D eigenvalue weighted by Crippen LogP contribution is -2.55. The largest absolute Gasteiger partial charge is 0.467 e. The number of rotatable bonds is 4. The minimum atomic E-state index is -0.596. The van der Waals surface area contributed by atoms with Crippen molar-refractivity contribution in [3.05, 3.63) is 0 Å². The van der Waals surface area contributed by atoms with Crippen molar-refractivity contribution in [2.45, 2.75) is 44.4 Å². The highest BCUT2D eigenvalue weighted by Gasteiger charge is 2.38. The summed E-state index contributed by atoms with van der Waals surface area (Å²) < 4.78 is 10.5. The fraction of sp³-hybridized carbons (Fsp3) is 0.846. The smallest absolute Gasteiger partial charge is 0.329 e. The van der Waals surface area contributed by atoms with Crippen molar-refractivity contribution >= 4 is 11.9 Å². The zero-order valence-corrected chi connectivity index (χ0v) is 11.6. The molecule has 2 aliphatic rings. The molecule has 19 heavy (non-hydrogen) atoms. The van der Waals surface area contributed by atoms with Gasteiger partial charge in [0.1, 0.15) is 6.04 Å². The van der Waals surface area contributed by atoms with E-state index >= 15 is 0 Å². The van der Waals surface area contributed by atoms with Crippen LogP contribution in [0.5, 0.6) is 0 Å². The van der Waals surface area contributed by atoms with Gasteiger partial charge >= 0.3 is 5.97 Å². The van der Waals surface area contributed by atoms with E-state index in [2.05, 4.69) is 10.2 Å². The maximum atomic E-state index is 11.7. The second-order valence-corrected chi connectivity index (χ2v) is 5.18. The summed E-state index contributed by atoms with van der Waals surface area (Å²) in [5, 5.41) is 2.66. The summed E-state index contributed by atoms with van der Waals surface area (Å²) in [4.78, 5) is 25.1. The maximum Gasteiger partial charge on any atom is 0.329 e. The molecule has 6 nitrogen and oxygen atoms in total. The number of amides is 1. The van der Waals surface area contributed by atoms with Gasteiger partial charge in [-0.2, -0.15) is 0 Å². The molecule has 1 aliphatic heterocycles. The first-order valence-electron chi connectivity index (χ1n) is 6.82. The van der Waals surface area contributed by atoms with E-state index in [1.54, 1.807) is 0 Å². The molecule has 1 saturated heterocycles. The van der Waals surface area contributed by atoms with Crippen LogP contribution in [0.4, 0.5) is 0 Å². The van der Waals surface area contributed by atoms with Crippen molar-refractivity contribution in [2.24, 2.45) is 0 Å². The van der Waals surface area contributed by atoms with E-state index in [1.807, 2.05) is 0 Å². The summed E-state index contributed by atoms with van der Waals surface area (Å²) in [6.45, 7) is 3.40. The van der Waals surface area contributed by atoms with Crippen LogP contribution in [0.25, 0.3) is 0 Å². The summed E-state index contributed by atoms with van der Waals surface area (Å²) >= 11 is 0. The van der Waals surface area contributed by atoms with Crippen molar-refractivity contribution in [1.29, 1.82) is 0 Å². The highest BCUT2D eigenvalue weighted by molar-refractivity contribution is 5.83. The van der Waals surface area contributed by atoms with Crippen LogP contribution < -0.4 is 5.32 Å². The number of nitrogens with zero attached hydrogens (tertiary/aromatic N) is 1. The van der Waals surface area contributed by atoms with Gasteiger partial charge in [0.05, 0.1) is 19.8 Å². The Hall–Kier alpha value is -1.14. The first kappa shape index (κ1) is 14.3. The second-order valence-electron chi connectivity index (χ2n) is 5.18. The van der Waals surface area contributed by atoms with Gasteiger partial charge in [-0.25, -0.2) is 4.79 Å². The highest BCUT2D eigenvalue weighted by atomic mass is 16.5. The molecule has 0 aromatic rings. The quantitative estimate of drug-likeness (QED) is 0.724. The lowest BCUT2D eigenvalue weighted by Gasteiger charge is -2.39. The predicted octanol–water partition coefficient (Wildman–Crippen LogP) is -0.0826. The number of esters is 1. The number of ether oxygens (including phenoxy) is 2. The van der Waals surface area contributed by atoms with E-state index in [9.17, 15) is 9.59 Å². The molecular formula is C13H22N2O4. The number of morpholine rings is 1. The molecule has 3 unspecified atom stereocenters. The van der Waals surface area contributed by atoms with E-state index in [0.717, 1.165) is 25.8 Å². The minimum Gasteiger partial charge on any atom is -0.467 e. The predicted molar refractivity (Wildman–Crippen MR) is 68.6 cm³/mol. The van der Waals surface area contributed by atoms with E-state index < -0.39 is 12.0 Å². The fourth-order valence-corrected chi connectivity index (χ4v) is 3.03. The summed E-state index contributed by atoms with van der Waals surface area (Å²) in [5.41, 5.74) is 0. The third kappa shape index (κ3) is 3.45. The summed E-state index contributed by atoms with van der Waals surface area (Å²) in [6, 6.07) is -0.225. The van der Waals surface area contributed by atoms with E-state index in [-0.39, 0.29) is 12.0 Å². The molecule has 6 heteroatoms. The number of fused-ring (bicyclic) bond motifs is 1. The van der Waals surface area contributed by atoms with Crippen molar-refractivity contribution in [2.75, 3.05) is 26.8 Å². The molecular weight excluding hydrogens is 248 g/mol. The topological polar surface area (TPSA) is 67.9 Å². The van der Waals surface area contributed by atoms with Crippen LogP contribution in [-0.2, 0) is 19.1 Å². The number of nitrogens with one attached hydrogen (secondary N) is 1. The molecule has 0 aromatic heterocycles. The number of carbonyl (C=O) groups excluding carboxylic acids is 2. The lowest BCUT2D eigenvalue weighted by atomic mass is 10.1. The van der Waals surface area contributed by atoms with Gasteiger partial charge in [-0.05, 0) is 19.3 Å². The monoisotopic (exact) mass is 270 g/mol. The molecule has 0 spiro atoms. The van der Waals surface area contributed by atoms with Gasteiger partial charge in [0.25, 0.3) is 0 Å². The first-order valence-corrected chi connectivity index (χ1v) is 6.82. The van der Waals surface area contributed by atoms with Gasteiger partial charge in [-0.1, -0.05) is 0 Å². The zero-order chi connectivity index (χ0) is 13.8. The van der Waals surface area contributed by atoms with Gasteiger partial charge in [-0.15, -0.1) is 0 Å². The molecule has 1 N–H and O–H groups in total. The van der Waals surface area contributed by atoms with Crippen LogP contribution >= 0.6 is 0 Å². The highest BCUT2D eigenvalue weighted by Crippen LogP contribution is 2.29. The van der Waals surface area contributed by atoms with Crippen LogP contribution in [0.1, 0.15) is 26.2 Å². The average Bonchev–Trinajstić information content (AvgIpc) is 2.85. The van der Waals surface area contributed by atoms with E-state index in [4.69, 9.17) is 9.47 Å². The number of carbonyl (C=O) groups is 2. The van der Waals surface area contributed by atoms with Gasteiger partial charge in [0, 0.05) is 26.1 Å². The number of hydrogen-bond acceptors (Lipinski definition) is 5. The standard InChI is InChI=1S/C13H22N2O4/c1-9(16)14-10(13(17)18-2)8-15-6-7-19-12-5-3-4-11(12)15/h10-12H,3-8H2,1-2H3,(H,14,16).